The van der Waals surface area contributed by atoms with Crippen molar-refractivity contribution in [1.82, 2.24) is 0 Å². The predicted octanol–water partition coefficient (Wildman–Crippen LogP) is 4.03. The maximum Gasteiger partial charge on any atom is 0.0647 e. The highest BCUT2D eigenvalue weighted by atomic mass is 16.5. The van der Waals surface area contributed by atoms with Gasteiger partial charge in [-0.2, -0.15) is 0 Å². The predicted molar refractivity (Wildman–Crippen MR) is 72.3 cm³/mol. The highest BCUT2D eigenvalue weighted by molar-refractivity contribution is 4.89. The van der Waals surface area contributed by atoms with Crippen LogP contribution in [-0.4, -0.2) is 25.9 Å². The smallest absolute Gasteiger partial charge is 0.0647 e. The van der Waals surface area contributed by atoms with E-state index in [1.54, 1.807) is 0 Å². The van der Waals surface area contributed by atoms with Crippen LogP contribution in [-0.2, 0) is 9.47 Å². The molecule has 0 amide bonds. The number of ether oxygens (including phenoxy) is 2. The van der Waals surface area contributed by atoms with Crippen LogP contribution in [0, 0.1) is 11.3 Å². The Labute approximate surface area is 107 Å². The molecule has 1 fully saturated rings. The van der Waals surface area contributed by atoms with Gasteiger partial charge in [0.25, 0.3) is 0 Å². The fourth-order valence-electron chi connectivity index (χ4n) is 2.45. The first kappa shape index (κ1) is 15.0. The first-order valence-corrected chi connectivity index (χ1v) is 7.37. The molecule has 2 unspecified atom stereocenters. The van der Waals surface area contributed by atoms with Crippen LogP contribution >= 0.6 is 0 Å². The molecule has 2 atom stereocenters. The van der Waals surface area contributed by atoms with Crippen molar-refractivity contribution in [3.63, 3.8) is 0 Å². The molecule has 1 heterocycles. The molecule has 1 aliphatic rings. The molecule has 17 heavy (non-hydrogen) atoms. The van der Waals surface area contributed by atoms with E-state index in [4.69, 9.17) is 9.47 Å². The molecule has 0 aromatic heterocycles. The third-order valence-corrected chi connectivity index (χ3v) is 4.47. The van der Waals surface area contributed by atoms with Gasteiger partial charge in [-0.3, -0.25) is 0 Å². The Morgan fingerprint density at radius 1 is 1.24 bits per heavy atom. The molecule has 1 saturated heterocycles. The summed E-state index contributed by atoms with van der Waals surface area (Å²) in [6, 6.07) is 0. The van der Waals surface area contributed by atoms with Crippen LogP contribution in [0.3, 0.4) is 0 Å². The Hall–Kier alpha value is -0.0800. The highest BCUT2D eigenvalue weighted by Gasteiger charge is 2.42. The average molecular weight is 242 g/mol. The maximum atomic E-state index is 6.11. The second-order valence-corrected chi connectivity index (χ2v) is 5.60. The van der Waals surface area contributed by atoms with E-state index in [-0.39, 0.29) is 0 Å². The molecule has 0 spiro atoms. The van der Waals surface area contributed by atoms with E-state index in [2.05, 4.69) is 27.7 Å². The SMILES string of the molecule is CCCCC(CC)COC(C)C1(CC)COC1. The zero-order valence-electron chi connectivity index (χ0n) is 12.1. The molecule has 2 nitrogen and oxygen atoms in total. The summed E-state index contributed by atoms with van der Waals surface area (Å²) in [4.78, 5) is 0. The van der Waals surface area contributed by atoms with Crippen LogP contribution < -0.4 is 0 Å². The Morgan fingerprint density at radius 3 is 2.35 bits per heavy atom. The second-order valence-electron chi connectivity index (χ2n) is 5.60. The molecule has 0 N–H and O–H groups in total. The fourth-order valence-corrected chi connectivity index (χ4v) is 2.45. The summed E-state index contributed by atoms with van der Waals surface area (Å²) in [5.74, 6) is 0.743. The third kappa shape index (κ3) is 3.96. The van der Waals surface area contributed by atoms with E-state index in [9.17, 15) is 0 Å². The molecule has 102 valence electrons. The van der Waals surface area contributed by atoms with Gasteiger partial charge in [0.2, 0.25) is 0 Å². The summed E-state index contributed by atoms with van der Waals surface area (Å²) in [6.45, 7) is 11.7. The van der Waals surface area contributed by atoms with E-state index in [0.717, 1.165) is 25.7 Å². The molecule has 0 saturated carbocycles. The van der Waals surface area contributed by atoms with Gasteiger partial charge in [-0.25, -0.2) is 0 Å². The highest BCUT2D eigenvalue weighted by Crippen LogP contribution is 2.36. The lowest BCUT2D eigenvalue weighted by Gasteiger charge is -2.45. The molecule has 0 aromatic carbocycles. The van der Waals surface area contributed by atoms with Gasteiger partial charge in [0, 0.05) is 12.0 Å². The van der Waals surface area contributed by atoms with Crippen molar-refractivity contribution >= 4 is 0 Å². The maximum absolute atomic E-state index is 6.11. The largest absolute Gasteiger partial charge is 0.380 e. The summed E-state index contributed by atoms with van der Waals surface area (Å²) in [7, 11) is 0. The van der Waals surface area contributed by atoms with Gasteiger partial charge in [0.05, 0.1) is 19.3 Å². The van der Waals surface area contributed by atoms with Gasteiger partial charge in [-0.15, -0.1) is 0 Å². The van der Waals surface area contributed by atoms with Crippen molar-refractivity contribution < 1.29 is 9.47 Å². The van der Waals surface area contributed by atoms with E-state index >= 15 is 0 Å². The van der Waals surface area contributed by atoms with Crippen LogP contribution in [0.5, 0.6) is 0 Å². The molecular formula is C15H30O2. The minimum absolute atomic E-state index is 0.309. The lowest BCUT2D eigenvalue weighted by Crippen LogP contribution is -2.51. The zero-order valence-corrected chi connectivity index (χ0v) is 12.1. The van der Waals surface area contributed by atoms with Crippen LogP contribution in [0.15, 0.2) is 0 Å². The lowest BCUT2D eigenvalue weighted by atomic mass is 9.78. The molecule has 0 aromatic rings. The minimum Gasteiger partial charge on any atom is -0.380 e. The van der Waals surface area contributed by atoms with Crippen molar-refractivity contribution in [2.75, 3.05) is 19.8 Å². The molecule has 1 aliphatic heterocycles. The van der Waals surface area contributed by atoms with E-state index in [1.165, 1.54) is 32.1 Å². The molecule has 2 heteroatoms. The Balaban J connectivity index is 2.27. The first-order chi connectivity index (χ1) is 8.18. The first-order valence-electron chi connectivity index (χ1n) is 7.37. The van der Waals surface area contributed by atoms with Gasteiger partial charge in [0.1, 0.15) is 0 Å². The third-order valence-electron chi connectivity index (χ3n) is 4.47. The Morgan fingerprint density at radius 2 is 1.94 bits per heavy atom. The van der Waals surface area contributed by atoms with Gasteiger partial charge in [-0.05, 0) is 25.7 Å². The fraction of sp³-hybridized carbons (Fsp3) is 1.00. The summed E-state index contributed by atoms with van der Waals surface area (Å²) in [5.41, 5.74) is 0.309. The summed E-state index contributed by atoms with van der Waals surface area (Å²) in [6.07, 6.45) is 6.69. The Kier molecular flexibility index (Phi) is 6.50. The molecule has 0 aliphatic carbocycles. The van der Waals surface area contributed by atoms with E-state index in [0.29, 0.717) is 11.5 Å². The van der Waals surface area contributed by atoms with Crippen molar-refractivity contribution in [3.8, 4) is 0 Å². The number of unbranched alkanes of at least 4 members (excludes halogenated alkanes) is 1. The topological polar surface area (TPSA) is 18.5 Å². The van der Waals surface area contributed by atoms with Gasteiger partial charge in [-0.1, -0.05) is 40.0 Å². The van der Waals surface area contributed by atoms with Crippen molar-refractivity contribution in [2.24, 2.45) is 11.3 Å². The van der Waals surface area contributed by atoms with E-state index < -0.39 is 0 Å². The summed E-state index contributed by atoms with van der Waals surface area (Å²) >= 11 is 0. The normalized spacial score (nSPS) is 21.9. The Bertz CT molecular complexity index is 194. The monoisotopic (exact) mass is 242 g/mol. The van der Waals surface area contributed by atoms with E-state index in [1.807, 2.05) is 0 Å². The van der Waals surface area contributed by atoms with Crippen molar-refractivity contribution in [2.45, 2.75) is 65.9 Å². The zero-order chi connectivity index (χ0) is 12.7. The average Bonchev–Trinajstić information content (AvgIpc) is 2.28. The lowest BCUT2D eigenvalue weighted by molar-refractivity contribution is -0.187. The number of hydrogen-bond acceptors (Lipinski definition) is 2. The van der Waals surface area contributed by atoms with Gasteiger partial charge >= 0.3 is 0 Å². The van der Waals surface area contributed by atoms with Crippen molar-refractivity contribution in [1.29, 1.82) is 0 Å². The second kappa shape index (κ2) is 7.38. The molecule has 0 radical (unpaired) electrons. The van der Waals surface area contributed by atoms with Crippen molar-refractivity contribution in [3.05, 3.63) is 0 Å². The van der Waals surface area contributed by atoms with Gasteiger partial charge < -0.3 is 9.47 Å². The minimum atomic E-state index is 0.309. The van der Waals surface area contributed by atoms with Crippen LogP contribution in [0.1, 0.15) is 59.8 Å². The van der Waals surface area contributed by atoms with Crippen LogP contribution in [0.2, 0.25) is 0 Å². The van der Waals surface area contributed by atoms with Crippen LogP contribution in [0.4, 0.5) is 0 Å². The summed E-state index contributed by atoms with van der Waals surface area (Å²) < 4.78 is 11.5. The number of hydrogen-bond donors (Lipinski definition) is 0. The molecule has 0 bridgehead atoms. The quantitative estimate of drug-likeness (QED) is 0.607. The standard InChI is InChI=1S/C15H30O2/c1-5-8-9-14(6-2)10-17-13(4)15(7-3)11-16-12-15/h13-14H,5-12H2,1-4H3. The summed E-state index contributed by atoms with van der Waals surface area (Å²) in [5, 5.41) is 0. The number of rotatable bonds is 9. The van der Waals surface area contributed by atoms with Gasteiger partial charge in [0.15, 0.2) is 0 Å². The molecular weight excluding hydrogens is 212 g/mol. The van der Waals surface area contributed by atoms with Crippen LogP contribution in [0.25, 0.3) is 0 Å². The molecule has 1 rings (SSSR count).